The van der Waals surface area contributed by atoms with E-state index in [0.717, 1.165) is 9.80 Å². The zero-order valence-electron chi connectivity index (χ0n) is 23.5. The van der Waals surface area contributed by atoms with E-state index in [1.165, 1.54) is 76.6 Å². The second kappa shape index (κ2) is 9.69. The molecule has 0 radical (unpaired) electrons. The van der Waals surface area contributed by atoms with Gasteiger partial charge in [0.15, 0.2) is 11.5 Å². The SMILES string of the molecule is COc1cc(N2C(=O)c3ccc4c5c(ccc(c35)C2=O)C(=O)N(c2cc(OC)c([N+](=O)[O-])cc2C)C4=O)c(C)cc1[N+](=O)[O-]. The molecule has 2 aliphatic heterocycles. The Kier molecular flexibility index (Phi) is 6.16. The molecular formula is C30H20N4O10. The molecule has 0 saturated carbocycles. The molecule has 4 amide bonds. The molecule has 4 aromatic rings. The highest BCUT2D eigenvalue weighted by molar-refractivity contribution is 6.42. The van der Waals surface area contributed by atoms with Crippen LogP contribution < -0.4 is 19.3 Å². The van der Waals surface area contributed by atoms with E-state index in [4.69, 9.17) is 9.47 Å². The van der Waals surface area contributed by atoms with Gasteiger partial charge in [-0.05, 0) is 49.2 Å². The maximum absolute atomic E-state index is 13.8. The average molecular weight is 597 g/mol. The Balaban J connectivity index is 1.51. The monoisotopic (exact) mass is 596 g/mol. The number of imide groups is 2. The third kappa shape index (κ3) is 3.74. The van der Waals surface area contributed by atoms with Gasteiger partial charge in [0.1, 0.15) is 0 Å². The lowest BCUT2D eigenvalue weighted by molar-refractivity contribution is -0.385. The fourth-order valence-electron chi connectivity index (χ4n) is 5.73. The third-order valence-electron chi connectivity index (χ3n) is 7.76. The highest BCUT2D eigenvalue weighted by Crippen LogP contribution is 2.43. The smallest absolute Gasteiger partial charge is 0.311 e. The van der Waals surface area contributed by atoms with E-state index in [9.17, 15) is 39.4 Å². The molecule has 0 fully saturated rings. The van der Waals surface area contributed by atoms with Crippen molar-refractivity contribution in [2.75, 3.05) is 24.0 Å². The number of benzene rings is 4. The van der Waals surface area contributed by atoms with Gasteiger partial charge >= 0.3 is 11.4 Å². The number of hydrogen-bond donors (Lipinski definition) is 0. The van der Waals surface area contributed by atoms with Gasteiger partial charge in [0.2, 0.25) is 0 Å². The summed E-state index contributed by atoms with van der Waals surface area (Å²) in [5, 5.41) is 23.2. The first kappa shape index (κ1) is 28.0. The first-order valence-electron chi connectivity index (χ1n) is 12.9. The first-order valence-corrected chi connectivity index (χ1v) is 12.9. The van der Waals surface area contributed by atoms with E-state index in [1.807, 2.05) is 0 Å². The third-order valence-corrected chi connectivity index (χ3v) is 7.76. The number of ether oxygens (including phenoxy) is 2. The Hall–Kier alpha value is -6.18. The van der Waals surface area contributed by atoms with E-state index >= 15 is 0 Å². The van der Waals surface area contributed by atoms with E-state index in [0.29, 0.717) is 0 Å². The van der Waals surface area contributed by atoms with Crippen LogP contribution in [0.25, 0.3) is 10.8 Å². The number of hydrogen-bond acceptors (Lipinski definition) is 10. The van der Waals surface area contributed by atoms with E-state index < -0.39 is 33.5 Å². The van der Waals surface area contributed by atoms with Crippen LogP contribution in [0.1, 0.15) is 52.6 Å². The number of amides is 4. The van der Waals surface area contributed by atoms with Crippen molar-refractivity contribution < 1.29 is 38.5 Å². The molecule has 6 rings (SSSR count). The van der Waals surface area contributed by atoms with Gasteiger partial charge in [-0.25, -0.2) is 9.80 Å². The lowest BCUT2D eigenvalue weighted by Gasteiger charge is -2.32. The number of carbonyl (C=O) groups is 4. The zero-order chi connectivity index (χ0) is 31.8. The van der Waals surface area contributed by atoms with Crippen molar-refractivity contribution in [2.45, 2.75) is 13.8 Å². The largest absolute Gasteiger partial charge is 0.490 e. The summed E-state index contributed by atoms with van der Waals surface area (Å²) in [6, 6.07) is 10.4. The second-order valence-electron chi connectivity index (χ2n) is 10.1. The van der Waals surface area contributed by atoms with Crippen LogP contribution in [-0.2, 0) is 0 Å². The van der Waals surface area contributed by atoms with Crippen molar-refractivity contribution in [1.82, 2.24) is 0 Å². The second-order valence-corrected chi connectivity index (χ2v) is 10.1. The molecule has 0 saturated heterocycles. The standard InChI is InChI=1S/C30H20N4O10/c1-13-9-21(33(39)40)23(43-3)11-19(13)31-27(35)15-5-7-17-26-18(8-6-16(25(15)26)28(31)36)30(38)32(29(17)37)20-12-24(44-4)22(34(41)42)10-14(20)2/h5-12H,1-4H3. The number of rotatable bonds is 6. The van der Waals surface area contributed by atoms with Crippen LogP contribution in [0.2, 0.25) is 0 Å². The van der Waals surface area contributed by atoms with E-state index in [-0.39, 0.29) is 78.4 Å². The Bertz CT molecular complexity index is 1850. The van der Waals surface area contributed by atoms with Gasteiger partial charge in [-0.3, -0.25) is 39.4 Å². The van der Waals surface area contributed by atoms with Crippen LogP contribution in [0.5, 0.6) is 11.5 Å². The van der Waals surface area contributed by atoms with Crippen LogP contribution in [0.3, 0.4) is 0 Å². The maximum atomic E-state index is 13.8. The number of carbonyl (C=O) groups excluding carboxylic acids is 4. The molecule has 220 valence electrons. The molecule has 2 aliphatic rings. The summed E-state index contributed by atoms with van der Waals surface area (Å²) in [6.07, 6.45) is 0. The molecule has 0 aromatic heterocycles. The van der Waals surface area contributed by atoms with Crippen LogP contribution in [0, 0.1) is 34.1 Å². The summed E-state index contributed by atoms with van der Waals surface area (Å²) in [5.74, 6) is -3.35. The average Bonchev–Trinajstić information content (AvgIpc) is 2.99. The molecule has 14 nitrogen and oxygen atoms in total. The van der Waals surface area contributed by atoms with Gasteiger partial charge in [-0.1, -0.05) is 0 Å². The number of anilines is 2. The normalized spacial score (nSPS) is 13.9. The number of nitrogens with zero attached hydrogens (tertiary/aromatic N) is 4. The van der Waals surface area contributed by atoms with Gasteiger partial charge in [-0.2, -0.15) is 0 Å². The van der Waals surface area contributed by atoms with Gasteiger partial charge in [0.25, 0.3) is 23.6 Å². The van der Waals surface area contributed by atoms with Crippen LogP contribution >= 0.6 is 0 Å². The molecular weight excluding hydrogens is 576 g/mol. The molecule has 0 spiro atoms. The molecule has 0 aliphatic carbocycles. The number of aryl methyl sites for hydroxylation is 2. The molecule has 4 aromatic carbocycles. The lowest BCUT2D eigenvalue weighted by Crippen LogP contribution is -2.43. The quantitative estimate of drug-likeness (QED) is 0.169. The fourth-order valence-corrected chi connectivity index (χ4v) is 5.73. The van der Waals surface area contributed by atoms with Crippen LogP contribution in [0.4, 0.5) is 22.7 Å². The number of nitro groups is 2. The predicted octanol–water partition coefficient (Wildman–Crippen LogP) is 4.89. The summed E-state index contributed by atoms with van der Waals surface area (Å²) < 4.78 is 10.3. The van der Waals surface area contributed by atoms with Crippen molar-refractivity contribution in [2.24, 2.45) is 0 Å². The fraction of sp³-hybridized carbons (Fsp3) is 0.133. The highest BCUT2D eigenvalue weighted by atomic mass is 16.6. The Morgan fingerprint density at radius 1 is 0.568 bits per heavy atom. The maximum Gasteiger partial charge on any atom is 0.311 e. The Morgan fingerprint density at radius 3 is 1.11 bits per heavy atom. The topological polar surface area (TPSA) is 180 Å². The minimum absolute atomic E-state index is 0.0409. The summed E-state index contributed by atoms with van der Waals surface area (Å²) in [5.41, 5.74) is 0.159. The molecule has 0 unspecified atom stereocenters. The Morgan fingerprint density at radius 2 is 0.864 bits per heavy atom. The molecule has 2 heterocycles. The number of methoxy groups -OCH3 is 2. The van der Waals surface area contributed by atoms with Crippen molar-refractivity contribution >= 4 is 57.2 Å². The first-order chi connectivity index (χ1) is 20.9. The van der Waals surface area contributed by atoms with Crippen molar-refractivity contribution in [1.29, 1.82) is 0 Å². The summed E-state index contributed by atoms with van der Waals surface area (Å²) in [6.45, 7) is 3.03. The van der Waals surface area contributed by atoms with Crippen LogP contribution in [-0.4, -0.2) is 47.7 Å². The van der Waals surface area contributed by atoms with Crippen LogP contribution in [0.15, 0.2) is 48.5 Å². The van der Waals surface area contributed by atoms with Crippen molar-refractivity contribution in [3.8, 4) is 11.5 Å². The van der Waals surface area contributed by atoms with Gasteiger partial charge < -0.3 is 9.47 Å². The highest BCUT2D eigenvalue weighted by Gasteiger charge is 2.42. The van der Waals surface area contributed by atoms with Gasteiger partial charge in [0.05, 0.1) is 35.4 Å². The van der Waals surface area contributed by atoms with E-state index in [1.54, 1.807) is 0 Å². The molecule has 0 atom stereocenters. The summed E-state index contributed by atoms with van der Waals surface area (Å²) in [4.78, 5) is 78.8. The molecule has 0 N–H and O–H groups in total. The summed E-state index contributed by atoms with van der Waals surface area (Å²) in [7, 11) is 2.45. The van der Waals surface area contributed by atoms with Crippen molar-refractivity contribution in [3.63, 3.8) is 0 Å². The van der Waals surface area contributed by atoms with E-state index in [2.05, 4.69) is 0 Å². The Labute approximate surface area is 247 Å². The minimum atomic E-state index is -0.761. The summed E-state index contributed by atoms with van der Waals surface area (Å²) >= 11 is 0. The van der Waals surface area contributed by atoms with Gasteiger partial charge in [-0.15, -0.1) is 0 Å². The lowest BCUT2D eigenvalue weighted by atomic mass is 9.85. The van der Waals surface area contributed by atoms with Gasteiger partial charge in [0, 0.05) is 57.3 Å². The van der Waals surface area contributed by atoms with Crippen molar-refractivity contribution in [3.05, 3.63) is 102 Å². The number of nitro benzene ring substituents is 2. The molecule has 14 heteroatoms. The molecule has 44 heavy (non-hydrogen) atoms. The zero-order valence-corrected chi connectivity index (χ0v) is 23.5. The molecule has 0 bridgehead atoms. The minimum Gasteiger partial charge on any atom is -0.490 e. The predicted molar refractivity (Wildman–Crippen MR) is 155 cm³/mol.